The Morgan fingerprint density at radius 1 is 1.09 bits per heavy atom. The summed E-state index contributed by atoms with van der Waals surface area (Å²) in [5.41, 5.74) is 3.96. The number of nitrogens with zero attached hydrogens (tertiary/aromatic N) is 3. The Labute approximate surface area is 201 Å². The predicted octanol–water partition coefficient (Wildman–Crippen LogP) is 2.81. The normalized spacial score (nSPS) is 14.0. The molecule has 1 fully saturated rings. The Bertz CT molecular complexity index is 1500. The molecule has 0 unspecified atom stereocenters. The van der Waals surface area contributed by atoms with Gasteiger partial charge in [-0.3, -0.25) is 9.69 Å². The van der Waals surface area contributed by atoms with Gasteiger partial charge in [0.15, 0.2) is 0 Å². The molecule has 0 aliphatic carbocycles. The largest absolute Gasteiger partial charge is 0.487 e. The molecule has 4 aromatic rings. The van der Waals surface area contributed by atoms with Crippen LogP contribution in [0.3, 0.4) is 0 Å². The lowest BCUT2D eigenvalue weighted by atomic mass is 9.99. The number of hydrogen-bond donors (Lipinski definition) is 3. The fourth-order valence-corrected chi connectivity index (χ4v) is 4.40. The van der Waals surface area contributed by atoms with E-state index in [0.717, 1.165) is 24.2 Å². The fraction of sp³-hybridized carbons (Fsp3) is 0.222. The van der Waals surface area contributed by atoms with Crippen LogP contribution in [0.25, 0.3) is 33.4 Å². The van der Waals surface area contributed by atoms with Gasteiger partial charge >= 0.3 is 0 Å². The smallest absolute Gasteiger partial charge is 0.259 e. The molecule has 1 aliphatic rings. The lowest BCUT2D eigenvalue weighted by molar-refractivity contribution is 0.0392. The van der Waals surface area contributed by atoms with Crippen molar-refractivity contribution in [2.24, 2.45) is 0 Å². The number of aromatic nitrogens is 2. The number of nitrogens with one attached hydrogen (secondary N) is 1. The van der Waals surface area contributed by atoms with Gasteiger partial charge in [0.1, 0.15) is 17.7 Å². The number of H-pyrrole nitrogens is 1. The lowest BCUT2D eigenvalue weighted by Crippen LogP contribution is -2.51. The molecule has 0 bridgehead atoms. The number of benzene rings is 3. The highest BCUT2D eigenvalue weighted by atomic mass is 16.5. The van der Waals surface area contributed by atoms with E-state index in [4.69, 9.17) is 10.00 Å². The molecule has 0 saturated carbocycles. The van der Waals surface area contributed by atoms with Crippen molar-refractivity contribution >= 4 is 10.9 Å². The maximum atomic E-state index is 12.9. The summed E-state index contributed by atoms with van der Waals surface area (Å²) < 4.78 is 6.25. The van der Waals surface area contributed by atoms with Gasteiger partial charge < -0.3 is 19.9 Å². The van der Waals surface area contributed by atoms with E-state index in [2.05, 4.69) is 20.9 Å². The van der Waals surface area contributed by atoms with Crippen molar-refractivity contribution in [3.05, 3.63) is 81.6 Å². The zero-order chi connectivity index (χ0) is 24.5. The molecule has 3 aromatic carbocycles. The minimum Gasteiger partial charge on any atom is -0.487 e. The molecular weight excluding hydrogens is 444 g/mol. The summed E-state index contributed by atoms with van der Waals surface area (Å²) in [6, 6.07) is 18.3. The third-order valence-electron chi connectivity index (χ3n) is 6.21. The molecule has 8 nitrogen and oxygen atoms in total. The molecule has 1 aromatic heterocycles. The van der Waals surface area contributed by atoms with Gasteiger partial charge in [-0.05, 0) is 60.1 Å². The van der Waals surface area contributed by atoms with Crippen LogP contribution in [0.2, 0.25) is 0 Å². The molecule has 2 heterocycles. The van der Waals surface area contributed by atoms with Gasteiger partial charge in [0.05, 0.1) is 35.7 Å². The first-order valence-corrected chi connectivity index (χ1v) is 11.3. The van der Waals surface area contributed by atoms with Gasteiger partial charge in [-0.15, -0.1) is 0 Å². The molecule has 0 amide bonds. The van der Waals surface area contributed by atoms with Crippen LogP contribution in [0.1, 0.15) is 16.7 Å². The monoisotopic (exact) mass is 468 g/mol. The third kappa shape index (κ3) is 4.40. The van der Waals surface area contributed by atoms with Crippen molar-refractivity contribution in [3.63, 3.8) is 0 Å². The highest BCUT2D eigenvalue weighted by Gasteiger charge is 2.26. The number of nitriles is 1. The molecule has 1 aliphatic heterocycles. The van der Waals surface area contributed by atoms with Crippen LogP contribution < -0.4 is 10.3 Å². The van der Waals surface area contributed by atoms with Crippen LogP contribution in [0.5, 0.6) is 5.75 Å². The number of rotatable bonds is 6. The second-order valence-electron chi connectivity index (χ2n) is 8.74. The SMILES string of the molecule is CN1CC(Oc2ccc(-c3nc4cc(CO)cc(CO)c4c(=O)[nH]3)cc2-c2ccc(C#N)cc2)C1. The predicted molar refractivity (Wildman–Crippen MR) is 132 cm³/mol. The van der Waals surface area contributed by atoms with Gasteiger partial charge in [-0.25, -0.2) is 4.98 Å². The molecule has 5 rings (SSSR count). The average molecular weight is 469 g/mol. The summed E-state index contributed by atoms with van der Waals surface area (Å²) >= 11 is 0. The summed E-state index contributed by atoms with van der Waals surface area (Å²) in [7, 11) is 2.04. The zero-order valence-electron chi connectivity index (χ0n) is 19.2. The maximum Gasteiger partial charge on any atom is 0.259 e. The molecule has 176 valence electrons. The summed E-state index contributed by atoms with van der Waals surface area (Å²) in [6.07, 6.45) is 0.0930. The van der Waals surface area contributed by atoms with E-state index >= 15 is 0 Å². The number of aliphatic hydroxyl groups excluding tert-OH is 2. The van der Waals surface area contributed by atoms with Crippen LogP contribution in [0.15, 0.2) is 59.4 Å². The quantitative estimate of drug-likeness (QED) is 0.398. The summed E-state index contributed by atoms with van der Waals surface area (Å²) in [5, 5.41) is 28.8. The van der Waals surface area contributed by atoms with Gasteiger partial charge in [-0.1, -0.05) is 18.2 Å². The van der Waals surface area contributed by atoms with Crippen LogP contribution in [-0.4, -0.2) is 51.3 Å². The second-order valence-corrected chi connectivity index (χ2v) is 8.74. The molecule has 1 saturated heterocycles. The van der Waals surface area contributed by atoms with Crippen molar-refractivity contribution in [2.45, 2.75) is 19.3 Å². The van der Waals surface area contributed by atoms with Gasteiger partial charge in [-0.2, -0.15) is 5.26 Å². The van der Waals surface area contributed by atoms with Crippen molar-refractivity contribution in [1.29, 1.82) is 5.26 Å². The van der Waals surface area contributed by atoms with E-state index in [1.165, 1.54) is 0 Å². The van der Waals surface area contributed by atoms with Crippen molar-refractivity contribution in [1.82, 2.24) is 14.9 Å². The number of likely N-dealkylation sites (tertiary alicyclic amines) is 1. The Hall–Kier alpha value is -4.03. The molecular formula is C27H24N4O4. The number of fused-ring (bicyclic) bond motifs is 1. The molecule has 8 heteroatoms. The third-order valence-corrected chi connectivity index (χ3v) is 6.21. The van der Waals surface area contributed by atoms with E-state index in [9.17, 15) is 15.0 Å². The number of likely N-dealkylation sites (N-methyl/N-ethyl adjacent to an activating group) is 1. The van der Waals surface area contributed by atoms with E-state index in [1.54, 1.807) is 24.3 Å². The fourth-order valence-electron chi connectivity index (χ4n) is 4.40. The summed E-state index contributed by atoms with van der Waals surface area (Å²) in [4.78, 5) is 22.6. The Balaban J connectivity index is 1.63. The molecule has 35 heavy (non-hydrogen) atoms. The molecule has 0 atom stereocenters. The number of aliphatic hydroxyl groups is 2. The highest BCUT2D eigenvalue weighted by molar-refractivity contribution is 5.84. The highest BCUT2D eigenvalue weighted by Crippen LogP contribution is 2.35. The number of ether oxygens (including phenoxy) is 1. The van der Waals surface area contributed by atoms with Crippen molar-refractivity contribution in [3.8, 4) is 34.3 Å². The average Bonchev–Trinajstić information content (AvgIpc) is 2.87. The summed E-state index contributed by atoms with van der Waals surface area (Å²) in [6.45, 7) is 1.13. The first-order chi connectivity index (χ1) is 17.0. The van der Waals surface area contributed by atoms with E-state index in [0.29, 0.717) is 44.7 Å². The lowest BCUT2D eigenvalue weighted by Gasteiger charge is -2.36. The topological polar surface area (TPSA) is 122 Å². The number of hydrogen-bond acceptors (Lipinski definition) is 7. The van der Waals surface area contributed by atoms with Crippen LogP contribution in [0.4, 0.5) is 0 Å². The summed E-state index contributed by atoms with van der Waals surface area (Å²) in [5.74, 6) is 1.08. The van der Waals surface area contributed by atoms with E-state index in [-0.39, 0.29) is 24.9 Å². The van der Waals surface area contributed by atoms with Crippen LogP contribution in [0, 0.1) is 11.3 Å². The van der Waals surface area contributed by atoms with Gasteiger partial charge in [0.25, 0.3) is 5.56 Å². The second kappa shape index (κ2) is 9.31. The maximum absolute atomic E-state index is 12.9. The first-order valence-electron chi connectivity index (χ1n) is 11.3. The van der Waals surface area contributed by atoms with E-state index in [1.807, 2.05) is 37.4 Å². The van der Waals surface area contributed by atoms with Crippen LogP contribution >= 0.6 is 0 Å². The van der Waals surface area contributed by atoms with Gasteiger partial charge in [0, 0.05) is 24.2 Å². The Morgan fingerprint density at radius 2 is 1.83 bits per heavy atom. The zero-order valence-corrected chi connectivity index (χ0v) is 19.2. The van der Waals surface area contributed by atoms with E-state index < -0.39 is 0 Å². The molecule has 0 spiro atoms. The Morgan fingerprint density at radius 3 is 2.49 bits per heavy atom. The van der Waals surface area contributed by atoms with Crippen molar-refractivity contribution < 1.29 is 14.9 Å². The van der Waals surface area contributed by atoms with Crippen molar-refractivity contribution in [2.75, 3.05) is 20.1 Å². The van der Waals surface area contributed by atoms with Crippen LogP contribution in [-0.2, 0) is 13.2 Å². The minimum absolute atomic E-state index is 0.0930. The first kappa shape index (κ1) is 22.7. The minimum atomic E-state index is -0.365. The molecule has 3 N–H and O–H groups in total. The molecule has 0 radical (unpaired) electrons. The number of aromatic amines is 1. The van der Waals surface area contributed by atoms with Gasteiger partial charge in [0.2, 0.25) is 0 Å². The Kier molecular flexibility index (Phi) is 6.05. The standard InChI is InChI=1S/C27H24N4O4/c1-31-12-21(13-31)35-24-7-6-19(10-22(24)18-4-2-16(11-28)3-5-18)26-29-23-9-17(14-32)8-20(15-33)25(23)27(34)30-26/h2-10,21,32-33H,12-15H2,1H3,(H,29,30,34).